The first-order chi connectivity index (χ1) is 14.6. The highest BCUT2D eigenvalue weighted by molar-refractivity contribution is 6.06. The number of rotatable bonds is 8. The van der Waals surface area contributed by atoms with Crippen molar-refractivity contribution in [2.24, 2.45) is 10.8 Å². The van der Waals surface area contributed by atoms with Gasteiger partial charge in [0.25, 0.3) is 0 Å². The predicted octanol–water partition coefficient (Wildman–Crippen LogP) is 4.62. The molecule has 0 radical (unpaired) electrons. The number of esters is 2. The van der Waals surface area contributed by atoms with Gasteiger partial charge in [-0.25, -0.2) is 9.59 Å². The van der Waals surface area contributed by atoms with E-state index in [9.17, 15) is 19.2 Å². The topological polar surface area (TPSA) is 118 Å². The molecule has 0 atom stereocenters. The molecule has 31 heavy (non-hydrogen) atoms. The van der Waals surface area contributed by atoms with E-state index >= 15 is 0 Å². The third kappa shape index (κ3) is 5.69. The van der Waals surface area contributed by atoms with Crippen molar-refractivity contribution in [3.63, 3.8) is 0 Å². The Bertz CT molecular complexity index is 746. The second kappa shape index (κ2) is 12.5. The minimum absolute atomic E-state index is 0.00926. The number of aliphatic carboxylic acids is 2. The Labute approximate surface area is 183 Å². The number of allylic oxidation sites excluding steroid dienone is 4. The number of carbonyl (C=O) groups is 4. The molecular weight excluding hydrogens is 400 g/mol. The first-order valence-electron chi connectivity index (χ1n) is 10.1. The number of hydrogen-bond donors (Lipinski definition) is 2. The van der Waals surface area contributed by atoms with Crippen LogP contribution in [0.5, 0.6) is 0 Å². The van der Waals surface area contributed by atoms with E-state index in [0.717, 1.165) is 0 Å². The first-order valence-corrected chi connectivity index (χ1v) is 10.1. The molecule has 7 nitrogen and oxygen atoms in total. The molecule has 0 bridgehead atoms. The fraction of sp³-hybridized carbons (Fsp3) is 0.417. The van der Waals surface area contributed by atoms with Gasteiger partial charge in [0, 0.05) is 11.1 Å². The van der Waals surface area contributed by atoms with Gasteiger partial charge in [-0.3, -0.25) is 9.59 Å². The van der Waals surface area contributed by atoms with E-state index < -0.39 is 34.7 Å². The minimum Gasteiger partial charge on any atom is -0.478 e. The van der Waals surface area contributed by atoms with E-state index in [1.54, 1.807) is 62.5 Å². The van der Waals surface area contributed by atoms with Crippen molar-refractivity contribution in [2.75, 3.05) is 0 Å². The zero-order valence-corrected chi connectivity index (χ0v) is 19.0. The molecule has 2 N–H and O–H groups in total. The summed E-state index contributed by atoms with van der Waals surface area (Å²) in [5, 5.41) is 17.2. The third-order valence-corrected chi connectivity index (χ3v) is 4.85. The van der Waals surface area contributed by atoms with Crippen LogP contribution in [0.15, 0.2) is 59.8 Å². The monoisotopic (exact) mass is 432 g/mol. The summed E-state index contributed by atoms with van der Waals surface area (Å²) in [5.41, 5.74) is -2.23. The minimum atomic E-state index is -1.14. The summed E-state index contributed by atoms with van der Waals surface area (Å²) in [6.45, 7) is 10.5. The van der Waals surface area contributed by atoms with Gasteiger partial charge in [-0.2, -0.15) is 0 Å². The number of hydrogen-bond acceptors (Lipinski definition) is 5. The molecule has 0 aliphatic carbocycles. The Hall–Kier alpha value is -3.22. The van der Waals surface area contributed by atoms with Crippen molar-refractivity contribution in [3.8, 4) is 0 Å². The molecule has 0 aromatic rings. The lowest BCUT2D eigenvalue weighted by Gasteiger charge is -2.31. The summed E-state index contributed by atoms with van der Waals surface area (Å²) in [7, 11) is 0. The van der Waals surface area contributed by atoms with E-state index in [1.807, 2.05) is 27.7 Å². The fourth-order valence-corrected chi connectivity index (χ4v) is 3.56. The Kier molecular flexibility index (Phi) is 11.2. The zero-order chi connectivity index (χ0) is 24.2. The van der Waals surface area contributed by atoms with Crippen LogP contribution in [0.2, 0.25) is 0 Å². The Balaban J connectivity index is 0.000000649. The van der Waals surface area contributed by atoms with Gasteiger partial charge in [0.15, 0.2) is 0 Å². The summed E-state index contributed by atoms with van der Waals surface area (Å²) in [6.07, 6.45) is 14.4. The molecule has 1 aliphatic heterocycles. The average molecular weight is 433 g/mol. The normalized spacial score (nSPS) is 24.6. The molecule has 1 aliphatic rings. The van der Waals surface area contributed by atoms with Crippen molar-refractivity contribution in [2.45, 2.75) is 54.4 Å². The van der Waals surface area contributed by atoms with Crippen molar-refractivity contribution in [1.82, 2.24) is 0 Å². The molecule has 0 saturated carbocycles. The van der Waals surface area contributed by atoms with Crippen molar-refractivity contribution in [1.29, 1.82) is 0 Å². The molecule has 0 aromatic heterocycles. The van der Waals surface area contributed by atoms with Crippen molar-refractivity contribution >= 4 is 23.9 Å². The molecule has 1 rings (SSSR count). The lowest BCUT2D eigenvalue weighted by molar-refractivity contribution is -0.154. The third-order valence-electron chi connectivity index (χ3n) is 4.85. The molecule has 0 amide bonds. The van der Waals surface area contributed by atoms with Crippen molar-refractivity contribution < 1.29 is 34.1 Å². The van der Waals surface area contributed by atoms with Crippen LogP contribution in [0, 0.1) is 10.8 Å². The van der Waals surface area contributed by atoms with Gasteiger partial charge in [-0.1, -0.05) is 62.5 Å². The van der Waals surface area contributed by atoms with E-state index in [4.69, 9.17) is 14.9 Å². The fourth-order valence-electron chi connectivity index (χ4n) is 3.56. The second-order valence-corrected chi connectivity index (χ2v) is 6.69. The summed E-state index contributed by atoms with van der Waals surface area (Å²) >= 11 is 0. The Morgan fingerprint density at radius 1 is 0.710 bits per heavy atom. The maximum Gasteiger partial charge on any atom is 0.332 e. The van der Waals surface area contributed by atoms with Gasteiger partial charge >= 0.3 is 23.9 Å². The zero-order valence-electron chi connectivity index (χ0n) is 19.0. The van der Waals surface area contributed by atoms with Crippen LogP contribution in [-0.4, -0.2) is 34.1 Å². The first kappa shape index (κ1) is 27.8. The Morgan fingerprint density at radius 3 is 1.13 bits per heavy atom. The van der Waals surface area contributed by atoms with E-state index in [1.165, 1.54) is 0 Å². The van der Waals surface area contributed by atoms with Crippen LogP contribution in [0.4, 0.5) is 0 Å². The predicted molar refractivity (Wildman–Crippen MR) is 118 cm³/mol. The van der Waals surface area contributed by atoms with E-state index in [-0.39, 0.29) is 24.0 Å². The van der Waals surface area contributed by atoms with Gasteiger partial charge in [0.1, 0.15) is 10.8 Å². The smallest absolute Gasteiger partial charge is 0.332 e. The second-order valence-electron chi connectivity index (χ2n) is 6.69. The highest BCUT2D eigenvalue weighted by atomic mass is 16.6. The van der Waals surface area contributed by atoms with Gasteiger partial charge in [-0.15, -0.1) is 0 Å². The maximum absolute atomic E-state index is 12.2. The van der Waals surface area contributed by atoms with E-state index in [2.05, 4.69) is 0 Å². The largest absolute Gasteiger partial charge is 0.478 e. The number of ether oxygens (including phenoxy) is 1. The molecule has 0 unspecified atom stereocenters. The average Bonchev–Trinajstić information content (AvgIpc) is 2.88. The molecule has 0 aromatic carbocycles. The van der Waals surface area contributed by atoms with Crippen LogP contribution in [0.25, 0.3) is 0 Å². The van der Waals surface area contributed by atoms with Gasteiger partial charge < -0.3 is 14.9 Å². The summed E-state index contributed by atoms with van der Waals surface area (Å²) in [5.74, 6) is -3.36. The van der Waals surface area contributed by atoms with Crippen LogP contribution < -0.4 is 0 Å². The molecule has 0 spiro atoms. The highest BCUT2D eigenvalue weighted by Crippen LogP contribution is 2.51. The molecule has 170 valence electrons. The van der Waals surface area contributed by atoms with Crippen LogP contribution in [-0.2, 0) is 23.9 Å². The number of carboxylic acid groups (broad SMARTS) is 2. The summed E-state index contributed by atoms with van der Waals surface area (Å²) in [4.78, 5) is 45.5. The lowest BCUT2D eigenvalue weighted by Crippen LogP contribution is -2.39. The van der Waals surface area contributed by atoms with Gasteiger partial charge in [0.2, 0.25) is 0 Å². The number of carboxylic acids is 2. The van der Waals surface area contributed by atoms with Crippen LogP contribution in [0.3, 0.4) is 0 Å². The Morgan fingerprint density at radius 2 is 0.968 bits per heavy atom. The number of carbonyl (C=O) groups excluding carboxylic acids is 2. The molecule has 1 heterocycles. The van der Waals surface area contributed by atoms with Gasteiger partial charge in [0.05, 0.1) is 0 Å². The summed E-state index contributed by atoms with van der Waals surface area (Å²) in [6, 6.07) is 0. The SMILES string of the molecule is CC/C(C(=O)O)=C(/CC)C(=O)O.CC=CC1(C=CC)C(=O)OC(=O)C1(C=CC)C=CC. The van der Waals surface area contributed by atoms with Gasteiger partial charge in [-0.05, 0) is 40.5 Å². The standard InChI is InChI=1S/C16H20O3.C8H12O4/c1-5-9-15(10-6-2)13(17)19-14(18)16(15,11-7-3)12-8-4;1-3-5(7(9)10)6(4-2)8(11)12/h5-12H,1-4H3;3-4H2,1-2H3,(H,9,10)(H,11,12)/b;6-5+. The van der Waals surface area contributed by atoms with Crippen molar-refractivity contribution in [3.05, 3.63) is 59.8 Å². The molecule has 1 saturated heterocycles. The van der Waals surface area contributed by atoms with Crippen LogP contribution in [0.1, 0.15) is 54.4 Å². The molecule has 7 heteroatoms. The number of cyclic esters (lactones) is 2. The van der Waals surface area contributed by atoms with E-state index in [0.29, 0.717) is 0 Å². The lowest BCUT2D eigenvalue weighted by atomic mass is 9.63. The maximum atomic E-state index is 12.2. The highest BCUT2D eigenvalue weighted by Gasteiger charge is 2.63. The quantitative estimate of drug-likeness (QED) is 0.249. The van der Waals surface area contributed by atoms with Crippen LogP contribution >= 0.6 is 0 Å². The molecular formula is C24H32O7. The molecule has 1 fully saturated rings. The summed E-state index contributed by atoms with van der Waals surface area (Å²) < 4.78 is 4.92.